The number of aromatic nitrogens is 5. The van der Waals surface area contributed by atoms with Crippen LogP contribution < -0.4 is 10.6 Å². The lowest BCUT2D eigenvalue weighted by Gasteiger charge is -2.24. The number of rotatable bonds is 4. The minimum atomic E-state index is 0.394. The number of hydrogen-bond acceptors (Lipinski definition) is 6. The molecule has 3 aromatic heterocycles. The highest BCUT2D eigenvalue weighted by Gasteiger charge is 2.16. The number of pyridine rings is 1. The van der Waals surface area contributed by atoms with Gasteiger partial charge in [0.1, 0.15) is 5.82 Å². The van der Waals surface area contributed by atoms with E-state index < -0.39 is 0 Å². The Labute approximate surface area is 162 Å². The fourth-order valence-electron chi connectivity index (χ4n) is 3.65. The molecule has 4 aromatic rings. The molecule has 0 radical (unpaired) electrons. The second-order valence-corrected chi connectivity index (χ2v) is 7.31. The van der Waals surface area contributed by atoms with E-state index in [9.17, 15) is 0 Å². The van der Waals surface area contributed by atoms with Crippen molar-refractivity contribution in [1.82, 2.24) is 24.8 Å². The molecule has 1 saturated heterocycles. The Morgan fingerprint density at radius 2 is 2.00 bits per heavy atom. The lowest BCUT2D eigenvalue weighted by atomic mass is 10.1. The minimum absolute atomic E-state index is 0.394. The minimum Gasteiger partial charge on any atom is -0.381 e. The van der Waals surface area contributed by atoms with Crippen LogP contribution in [0.5, 0.6) is 0 Å². The van der Waals surface area contributed by atoms with Gasteiger partial charge in [0, 0.05) is 36.0 Å². The molecule has 8 heteroatoms. The lowest BCUT2D eigenvalue weighted by molar-refractivity contribution is 0.0903. The number of H-pyrrole nitrogens is 1. The Kier molecular flexibility index (Phi) is 4.12. The number of anilines is 3. The first-order valence-electron chi connectivity index (χ1n) is 9.60. The number of hydrogen-bond donors (Lipinski definition) is 3. The van der Waals surface area contributed by atoms with Gasteiger partial charge >= 0.3 is 0 Å². The molecule has 0 unspecified atom stereocenters. The number of fused-ring (bicyclic) bond motifs is 2. The van der Waals surface area contributed by atoms with Crippen LogP contribution in [0.3, 0.4) is 0 Å². The molecule has 144 valence electrons. The highest BCUT2D eigenvalue weighted by molar-refractivity contribution is 5.85. The first-order chi connectivity index (χ1) is 13.7. The molecule has 5 rings (SSSR count). The molecule has 1 aliphatic rings. The normalized spacial score (nSPS) is 15.4. The maximum atomic E-state index is 5.45. The monoisotopic (exact) mass is 377 g/mol. The van der Waals surface area contributed by atoms with Crippen LogP contribution in [0.4, 0.5) is 17.5 Å². The fraction of sp³-hybridized carbons (Fsp3) is 0.350. The SMILES string of the molecule is Cc1[nH]nc2cc(Nc3nc4c(C)ccc(NC5CCOCC5)n4n3)ccc12. The van der Waals surface area contributed by atoms with Gasteiger partial charge in [-0.2, -0.15) is 14.6 Å². The molecule has 0 saturated carbocycles. The van der Waals surface area contributed by atoms with Gasteiger partial charge in [-0.1, -0.05) is 6.07 Å². The molecule has 8 nitrogen and oxygen atoms in total. The van der Waals surface area contributed by atoms with Gasteiger partial charge in [0.2, 0.25) is 5.95 Å². The summed E-state index contributed by atoms with van der Waals surface area (Å²) in [7, 11) is 0. The number of nitrogens with one attached hydrogen (secondary N) is 3. The first-order valence-corrected chi connectivity index (χ1v) is 9.60. The van der Waals surface area contributed by atoms with E-state index in [2.05, 4.69) is 39.0 Å². The predicted octanol–water partition coefficient (Wildman–Crippen LogP) is 3.56. The van der Waals surface area contributed by atoms with Crippen LogP contribution in [-0.2, 0) is 4.74 Å². The van der Waals surface area contributed by atoms with Crippen LogP contribution >= 0.6 is 0 Å². The molecule has 3 N–H and O–H groups in total. The van der Waals surface area contributed by atoms with Crippen LogP contribution in [0.25, 0.3) is 16.6 Å². The van der Waals surface area contributed by atoms with Crippen LogP contribution in [0.1, 0.15) is 24.1 Å². The summed E-state index contributed by atoms with van der Waals surface area (Å²) >= 11 is 0. The summed E-state index contributed by atoms with van der Waals surface area (Å²) in [6.07, 6.45) is 2.00. The molecule has 4 heterocycles. The third kappa shape index (κ3) is 3.05. The summed E-state index contributed by atoms with van der Waals surface area (Å²) < 4.78 is 7.33. The van der Waals surface area contributed by atoms with E-state index in [4.69, 9.17) is 14.8 Å². The van der Waals surface area contributed by atoms with Gasteiger partial charge in [-0.3, -0.25) is 5.10 Å². The van der Waals surface area contributed by atoms with E-state index >= 15 is 0 Å². The van der Waals surface area contributed by atoms with Gasteiger partial charge in [0.25, 0.3) is 0 Å². The van der Waals surface area contributed by atoms with Gasteiger partial charge in [-0.15, -0.1) is 5.10 Å². The zero-order valence-corrected chi connectivity index (χ0v) is 16.0. The standard InChI is InChI=1S/C20H23N7O/c1-12-3-6-18(21-14-7-9-28-10-8-14)27-19(12)23-20(26-27)22-15-4-5-16-13(2)24-25-17(16)11-15/h3-6,11,14,21H,7-10H2,1-2H3,(H,22,26)(H,24,25). The van der Waals surface area contributed by atoms with Crippen molar-refractivity contribution >= 4 is 34.0 Å². The van der Waals surface area contributed by atoms with Crippen molar-refractivity contribution in [3.8, 4) is 0 Å². The topological polar surface area (TPSA) is 92.2 Å². The van der Waals surface area contributed by atoms with Crippen LogP contribution in [-0.4, -0.2) is 44.1 Å². The van der Waals surface area contributed by atoms with E-state index in [-0.39, 0.29) is 0 Å². The first kappa shape index (κ1) is 17.0. The summed E-state index contributed by atoms with van der Waals surface area (Å²) in [5.41, 5.74) is 4.82. The maximum Gasteiger partial charge on any atom is 0.247 e. The van der Waals surface area contributed by atoms with E-state index in [1.54, 1.807) is 0 Å². The Balaban J connectivity index is 1.45. The molecule has 0 amide bonds. The molecule has 1 aromatic carbocycles. The zero-order valence-electron chi connectivity index (χ0n) is 16.0. The average Bonchev–Trinajstić information content (AvgIpc) is 3.29. The van der Waals surface area contributed by atoms with Crippen molar-refractivity contribution < 1.29 is 4.74 Å². The van der Waals surface area contributed by atoms with Crippen molar-refractivity contribution in [2.75, 3.05) is 23.8 Å². The van der Waals surface area contributed by atoms with Crippen molar-refractivity contribution in [2.24, 2.45) is 0 Å². The molecule has 0 bridgehead atoms. The van der Waals surface area contributed by atoms with E-state index in [0.29, 0.717) is 12.0 Å². The smallest absolute Gasteiger partial charge is 0.247 e. The molecule has 28 heavy (non-hydrogen) atoms. The molecule has 1 fully saturated rings. The predicted molar refractivity (Wildman–Crippen MR) is 109 cm³/mol. The van der Waals surface area contributed by atoms with Gasteiger partial charge in [0.05, 0.1) is 5.52 Å². The third-order valence-corrected chi connectivity index (χ3v) is 5.25. The van der Waals surface area contributed by atoms with Crippen LogP contribution in [0, 0.1) is 13.8 Å². The second-order valence-electron chi connectivity index (χ2n) is 7.31. The fourth-order valence-corrected chi connectivity index (χ4v) is 3.65. The Morgan fingerprint density at radius 3 is 2.86 bits per heavy atom. The molecule has 0 atom stereocenters. The molecular weight excluding hydrogens is 354 g/mol. The average molecular weight is 377 g/mol. The molecule has 0 aliphatic carbocycles. The molecular formula is C20H23N7O. The number of benzene rings is 1. The van der Waals surface area contributed by atoms with Crippen molar-refractivity contribution in [1.29, 1.82) is 0 Å². The molecule has 1 aliphatic heterocycles. The van der Waals surface area contributed by atoms with Crippen molar-refractivity contribution in [3.63, 3.8) is 0 Å². The zero-order chi connectivity index (χ0) is 19.1. The highest BCUT2D eigenvalue weighted by atomic mass is 16.5. The summed E-state index contributed by atoms with van der Waals surface area (Å²) in [5, 5.41) is 20.0. The molecule has 0 spiro atoms. The van der Waals surface area contributed by atoms with Gasteiger partial charge < -0.3 is 15.4 Å². The van der Waals surface area contributed by atoms with Gasteiger partial charge in [-0.05, 0) is 56.5 Å². The van der Waals surface area contributed by atoms with Crippen molar-refractivity contribution in [2.45, 2.75) is 32.7 Å². The number of nitrogens with zero attached hydrogens (tertiary/aromatic N) is 4. The second kappa shape index (κ2) is 6.79. The van der Waals surface area contributed by atoms with Crippen LogP contribution in [0.15, 0.2) is 30.3 Å². The third-order valence-electron chi connectivity index (χ3n) is 5.25. The summed E-state index contributed by atoms with van der Waals surface area (Å²) in [4.78, 5) is 4.69. The van der Waals surface area contributed by atoms with Crippen LogP contribution in [0.2, 0.25) is 0 Å². The maximum absolute atomic E-state index is 5.45. The lowest BCUT2D eigenvalue weighted by Crippen LogP contribution is -2.28. The van der Waals surface area contributed by atoms with Crippen molar-refractivity contribution in [3.05, 3.63) is 41.6 Å². The Bertz CT molecular complexity index is 1140. The van der Waals surface area contributed by atoms with Gasteiger partial charge in [-0.25, -0.2) is 0 Å². The summed E-state index contributed by atoms with van der Waals surface area (Å²) in [6.45, 7) is 5.66. The number of ether oxygens (including phenoxy) is 1. The Morgan fingerprint density at radius 1 is 1.14 bits per heavy atom. The van der Waals surface area contributed by atoms with E-state index in [1.165, 1.54) is 0 Å². The highest BCUT2D eigenvalue weighted by Crippen LogP contribution is 2.24. The summed E-state index contributed by atoms with van der Waals surface area (Å²) in [5.74, 6) is 1.52. The van der Waals surface area contributed by atoms with E-state index in [0.717, 1.165) is 65.4 Å². The number of aromatic amines is 1. The Hall–Kier alpha value is -3.13. The number of aryl methyl sites for hydroxylation is 2. The summed E-state index contributed by atoms with van der Waals surface area (Å²) in [6, 6.07) is 10.6. The largest absolute Gasteiger partial charge is 0.381 e. The van der Waals surface area contributed by atoms with E-state index in [1.807, 2.05) is 30.5 Å². The quantitative estimate of drug-likeness (QED) is 0.504. The van der Waals surface area contributed by atoms with Gasteiger partial charge in [0.15, 0.2) is 5.65 Å².